The smallest absolute Gasteiger partial charge is 0.280 e. The van der Waals surface area contributed by atoms with Crippen molar-refractivity contribution in [3.05, 3.63) is 111 Å². The fourth-order valence-corrected chi connectivity index (χ4v) is 5.87. The highest BCUT2D eigenvalue weighted by molar-refractivity contribution is 6.13. The highest BCUT2D eigenvalue weighted by atomic mass is 16.6. The molecule has 4 aromatic carbocycles. The molecule has 0 bridgehead atoms. The number of aliphatic hydroxyl groups excluding tert-OH is 3. The lowest BCUT2D eigenvalue weighted by atomic mass is 9.94. The van der Waals surface area contributed by atoms with Crippen LogP contribution in [0.5, 0.6) is 11.5 Å². The molecule has 0 aliphatic heterocycles. The lowest BCUT2D eigenvalue weighted by Gasteiger charge is -2.40. The number of aryl methyl sites for hydroxylation is 1. The Morgan fingerprint density at radius 2 is 1.60 bits per heavy atom. The summed E-state index contributed by atoms with van der Waals surface area (Å²) < 4.78 is 16.9. The van der Waals surface area contributed by atoms with Crippen molar-refractivity contribution < 1.29 is 43.7 Å². The van der Waals surface area contributed by atoms with Crippen LogP contribution in [-0.2, 0) is 6.54 Å². The standard InChI is InChI=1S/C38H38N2O10/c1-5-32(44)35-30-17-29(31(40(46)47)18-34(30)50-36(35)24-11-9-23(2)10-12-24)25-7-6-8-26(15-25)37(45)39(38(20-41,21-42)22-43)19-27-13-14-28(48-3)16-33(27)49-4/h6-18,41-43H,5,19-22H2,1-4H3. The van der Waals surface area contributed by atoms with Crippen LogP contribution in [-0.4, -0.2) is 76.4 Å². The summed E-state index contributed by atoms with van der Waals surface area (Å²) in [6.45, 7) is 1.14. The van der Waals surface area contributed by atoms with Gasteiger partial charge in [0.25, 0.3) is 11.6 Å². The maximum Gasteiger partial charge on any atom is 0.280 e. The Morgan fingerprint density at radius 1 is 0.900 bits per heavy atom. The van der Waals surface area contributed by atoms with Gasteiger partial charge in [-0.2, -0.15) is 0 Å². The summed E-state index contributed by atoms with van der Waals surface area (Å²) in [5.41, 5.74) is 1.01. The quantitative estimate of drug-likeness (QED) is 0.0722. The summed E-state index contributed by atoms with van der Waals surface area (Å²) in [6.07, 6.45) is 0.168. The molecule has 12 heteroatoms. The van der Waals surface area contributed by atoms with Crippen LogP contribution in [0.4, 0.5) is 5.69 Å². The SMILES string of the molecule is CCC(=O)c1c(-c2ccc(C)cc2)oc2cc([N+](=O)[O-])c(-c3cccc(C(=O)N(Cc4ccc(OC)cc4OC)C(CO)(CO)CO)c3)cc12. The van der Waals surface area contributed by atoms with Gasteiger partial charge in [-0.15, -0.1) is 0 Å². The summed E-state index contributed by atoms with van der Waals surface area (Å²) in [5.74, 6) is 0.281. The second-order valence-corrected chi connectivity index (χ2v) is 11.9. The number of hydrogen-bond acceptors (Lipinski definition) is 10. The molecule has 0 spiro atoms. The van der Waals surface area contributed by atoms with E-state index in [1.807, 2.05) is 31.2 Å². The minimum Gasteiger partial charge on any atom is -0.497 e. The number of hydrogen-bond donors (Lipinski definition) is 3. The molecule has 1 heterocycles. The topological polar surface area (TPSA) is 173 Å². The van der Waals surface area contributed by atoms with E-state index in [0.717, 1.165) is 10.5 Å². The molecule has 12 nitrogen and oxygen atoms in total. The molecule has 1 aromatic heterocycles. The number of rotatable bonds is 14. The zero-order valence-corrected chi connectivity index (χ0v) is 28.1. The Morgan fingerprint density at radius 3 is 2.20 bits per heavy atom. The number of benzene rings is 4. The minimum atomic E-state index is -1.79. The molecule has 1 amide bonds. The van der Waals surface area contributed by atoms with Crippen LogP contribution in [0.3, 0.4) is 0 Å². The molecule has 50 heavy (non-hydrogen) atoms. The Labute approximate surface area is 288 Å². The summed E-state index contributed by atoms with van der Waals surface area (Å²) in [6, 6.07) is 21.2. The number of nitro benzene ring substituents is 1. The number of amides is 1. The van der Waals surface area contributed by atoms with E-state index < -0.39 is 36.2 Å². The number of carbonyl (C=O) groups is 2. The van der Waals surface area contributed by atoms with Gasteiger partial charge in [-0.3, -0.25) is 19.7 Å². The molecule has 260 valence electrons. The second kappa shape index (κ2) is 14.9. The zero-order valence-electron chi connectivity index (χ0n) is 28.1. The lowest BCUT2D eigenvalue weighted by Crippen LogP contribution is -2.59. The molecule has 0 saturated carbocycles. The highest BCUT2D eigenvalue weighted by Gasteiger charge is 2.40. The van der Waals surface area contributed by atoms with Crippen molar-refractivity contribution in [2.24, 2.45) is 0 Å². The van der Waals surface area contributed by atoms with Gasteiger partial charge in [0, 0.05) is 34.6 Å². The third-order valence-corrected chi connectivity index (χ3v) is 8.86. The van der Waals surface area contributed by atoms with Crippen LogP contribution in [0.1, 0.15) is 45.2 Å². The van der Waals surface area contributed by atoms with Gasteiger partial charge in [0.1, 0.15) is 28.4 Å². The van der Waals surface area contributed by atoms with Gasteiger partial charge in [-0.1, -0.05) is 48.9 Å². The maximum absolute atomic E-state index is 14.3. The summed E-state index contributed by atoms with van der Waals surface area (Å²) in [5, 5.41) is 43.9. The molecule has 0 saturated heterocycles. The van der Waals surface area contributed by atoms with E-state index >= 15 is 0 Å². The minimum absolute atomic E-state index is 0.0569. The van der Waals surface area contributed by atoms with Crippen molar-refractivity contribution >= 4 is 28.3 Å². The van der Waals surface area contributed by atoms with Crippen LogP contribution in [0.25, 0.3) is 33.4 Å². The van der Waals surface area contributed by atoms with Crippen molar-refractivity contribution in [2.75, 3.05) is 34.0 Å². The van der Waals surface area contributed by atoms with E-state index in [1.54, 1.807) is 37.3 Å². The first-order valence-electron chi connectivity index (χ1n) is 15.9. The van der Waals surface area contributed by atoms with Crippen LogP contribution in [0, 0.1) is 17.0 Å². The number of nitro groups is 1. The Bertz CT molecular complexity index is 2040. The first kappa shape index (κ1) is 35.7. The van der Waals surface area contributed by atoms with Crippen molar-refractivity contribution in [3.63, 3.8) is 0 Å². The van der Waals surface area contributed by atoms with Crippen LogP contribution in [0.15, 0.2) is 83.3 Å². The Balaban J connectivity index is 1.66. The third-order valence-electron chi connectivity index (χ3n) is 8.86. The number of methoxy groups -OCH3 is 2. The van der Waals surface area contributed by atoms with Crippen LogP contribution >= 0.6 is 0 Å². The first-order chi connectivity index (χ1) is 24.0. The number of aliphatic hydroxyl groups is 3. The van der Waals surface area contributed by atoms with Gasteiger partial charge >= 0.3 is 0 Å². The van der Waals surface area contributed by atoms with Crippen molar-refractivity contribution in [2.45, 2.75) is 32.4 Å². The van der Waals surface area contributed by atoms with Crippen LogP contribution < -0.4 is 9.47 Å². The predicted molar refractivity (Wildman–Crippen MR) is 187 cm³/mol. The fraction of sp³-hybridized carbons (Fsp3) is 0.263. The van der Waals surface area contributed by atoms with E-state index in [0.29, 0.717) is 44.9 Å². The summed E-state index contributed by atoms with van der Waals surface area (Å²) in [4.78, 5) is 40.7. The number of fused-ring (bicyclic) bond motifs is 1. The molecule has 0 radical (unpaired) electrons. The Kier molecular flexibility index (Phi) is 10.7. The van der Waals surface area contributed by atoms with Gasteiger partial charge < -0.3 is 34.1 Å². The third kappa shape index (κ3) is 6.68. The average molecular weight is 683 g/mol. The van der Waals surface area contributed by atoms with Crippen molar-refractivity contribution in [1.29, 1.82) is 0 Å². The fourth-order valence-electron chi connectivity index (χ4n) is 5.87. The van der Waals surface area contributed by atoms with Gasteiger partial charge in [-0.25, -0.2) is 0 Å². The van der Waals surface area contributed by atoms with Gasteiger partial charge in [0.05, 0.1) is 62.7 Å². The highest BCUT2D eigenvalue weighted by Crippen LogP contribution is 2.41. The van der Waals surface area contributed by atoms with Crippen molar-refractivity contribution in [1.82, 2.24) is 4.90 Å². The monoisotopic (exact) mass is 682 g/mol. The number of ketones is 1. The number of nitrogens with zero attached hydrogens (tertiary/aromatic N) is 2. The van der Waals surface area contributed by atoms with Crippen LogP contribution in [0.2, 0.25) is 0 Å². The van der Waals surface area contributed by atoms with E-state index in [1.165, 1.54) is 38.5 Å². The molecule has 0 fully saturated rings. The number of furan rings is 1. The molecular formula is C38H38N2O10. The average Bonchev–Trinajstić information content (AvgIpc) is 3.53. The number of Topliss-reactive ketones (excluding diaryl/α,β-unsaturated/α-hetero) is 1. The maximum atomic E-state index is 14.3. The van der Waals surface area contributed by atoms with E-state index in [2.05, 4.69) is 0 Å². The summed E-state index contributed by atoms with van der Waals surface area (Å²) >= 11 is 0. The first-order valence-corrected chi connectivity index (χ1v) is 15.9. The van der Waals surface area contributed by atoms with Crippen molar-refractivity contribution in [3.8, 4) is 33.9 Å². The molecule has 0 aliphatic carbocycles. The number of carbonyl (C=O) groups excluding carboxylic acids is 2. The van der Waals surface area contributed by atoms with Gasteiger partial charge in [0.15, 0.2) is 5.78 Å². The van der Waals surface area contributed by atoms with E-state index in [-0.39, 0.29) is 41.1 Å². The number of ether oxygens (including phenoxy) is 2. The summed E-state index contributed by atoms with van der Waals surface area (Å²) in [7, 11) is 2.93. The predicted octanol–water partition coefficient (Wildman–Crippen LogP) is 5.95. The van der Waals surface area contributed by atoms with Gasteiger partial charge in [0.2, 0.25) is 0 Å². The molecular weight excluding hydrogens is 644 g/mol. The molecule has 0 aliphatic rings. The zero-order chi connectivity index (χ0) is 36.2. The molecule has 5 rings (SSSR count). The second-order valence-electron chi connectivity index (χ2n) is 11.9. The lowest BCUT2D eigenvalue weighted by molar-refractivity contribution is -0.384. The molecule has 3 N–H and O–H groups in total. The van der Waals surface area contributed by atoms with E-state index in [4.69, 9.17) is 13.9 Å². The normalized spacial score (nSPS) is 11.4. The molecule has 0 atom stereocenters. The molecule has 0 unspecified atom stereocenters. The van der Waals surface area contributed by atoms with Gasteiger partial charge in [-0.05, 0) is 42.8 Å². The largest absolute Gasteiger partial charge is 0.497 e. The molecule has 5 aromatic rings. The van der Waals surface area contributed by atoms with E-state index in [9.17, 15) is 35.0 Å². The Hall–Kier alpha value is -5.56.